The third kappa shape index (κ3) is 6.42. The molecule has 0 unspecified atom stereocenters. The van der Waals surface area contributed by atoms with Crippen molar-refractivity contribution in [3.8, 4) is 0 Å². The van der Waals surface area contributed by atoms with Gasteiger partial charge in [-0.05, 0) is 18.1 Å². The van der Waals surface area contributed by atoms with Crippen LogP contribution in [0.2, 0.25) is 0 Å². The summed E-state index contributed by atoms with van der Waals surface area (Å²) in [5.41, 5.74) is 1.57. The fourth-order valence-electron chi connectivity index (χ4n) is 2.34. The van der Waals surface area contributed by atoms with Crippen LogP contribution in [0.25, 0.3) is 0 Å². The van der Waals surface area contributed by atoms with E-state index in [-0.39, 0.29) is 24.0 Å². The molecule has 1 heterocycles. The molecule has 0 fully saturated rings. The molecule has 1 aromatic carbocycles. The van der Waals surface area contributed by atoms with Crippen molar-refractivity contribution in [2.45, 2.75) is 26.1 Å². The number of benzene rings is 1. The molecule has 0 saturated carbocycles. The standard InChI is InChI=1S/C17H21F3N4S.HI/c1-12-6-4-5-7-13(12)10-24(3)16(21-2)22-9-8-15-23-14(11-25-15)17(18,19)20;/h4-7,11H,8-10H2,1-3H3,(H,21,22);1H. The lowest BCUT2D eigenvalue weighted by Gasteiger charge is -2.22. The third-order valence-electron chi connectivity index (χ3n) is 3.71. The summed E-state index contributed by atoms with van der Waals surface area (Å²) in [5.74, 6) is 0.691. The predicted octanol–water partition coefficient (Wildman–Crippen LogP) is 4.34. The van der Waals surface area contributed by atoms with Crippen molar-refractivity contribution in [2.24, 2.45) is 4.99 Å². The van der Waals surface area contributed by atoms with Crippen LogP contribution in [0.15, 0.2) is 34.6 Å². The Balaban J connectivity index is 0.00000338. The topological polar surface area (TPSA) is 40.5 Å². The van der Waals surface area contributed by atoms with Crippen molar-refractivity contribution < 1.29 is 13.2 Å². The number of aromatic nitrogens is 1. The van der Waals surface area contributed by atoms with E-state index in [1.807, 2.05) is 24.1 Å². The summed E-state index contributed by atoms with van der Waals surface area (Å²) in [6.07, 6.45) is -3.97. The molecule has 0 aliphatic heterocycles. The van der Waals surface area contributed by atoms with Crippen LogP contribution in [0.4, 0.5) is 13.2 Å². The SMILES string of the molecule is CN=C(NCCc1nc(C(F)(F)F)cs1)N(C)Cc1ccccc1C.I. The van der Waals surface area contributed by atoms with E-state index in [1.54, 1.807) is 7.05 Å². The van der Waals surface area contributed by atoms with E-state index in [9.17, 15) is 13.2 Å². The Kier molecular flexibility index (Phi) is 8.81. The Morgan fingerprint density at radius 1 is 1.31 bits per heavy atom. The number of halogens is 4. The van der Waals surface area contributed by atoms with Gasteiger partial charge in [-0.1, -0.05) is 24.3 Å². The monoisotopic (exact) mass is 498 g/mol. The molecule has 9 heteroatoms. The molecule has 0 bridgehead atoms. The normalized spacial score (nSPS) is 11.8. The molecule has 0 aliphatic carbocycles. The van der Waals surface area contributed by atoms with E-state index >= 15 is 0 Å². The van der Waals surface area contributed by atoms with Gasteiger partial charge in [-0.3, -0.25) is 4.99 Å². The maximum Gasteiger partial charge on any atom is 0.434 e. The Morgan fingerprint density at radius 2 is 2.00 bits per heavy atom. The molecule has 26 heavy (non-hydrogen) atoms. The zero-order valence-electron chi connectivity index (χ0n) is 14.8. The van der Waals surface area contributed by atoms with Gasteiger partial charge < -0.3 is 10.2 Å². The predicted molar refractivity (Wildman–Crippen MR) is 110 cm³/mol. The number of rotatable bonds is 5. The molecule has 0 amide bonds. The summed E-state index contributed by atoms with van der Waals surface area (Å²) in [6, 6.07) is 8.11. The number of nitrogens with one attached hydrogen (secondary N) is 1. The maximum absolute atomic E-state index is 12.6. The first-order chi connectivity index (χ1) is 11.8. The molecule has 0 atom stereocenters. The van der Waals surface area contributed by atoms with Crippen LogP contribution in [0.1, 0.15) is 21.8 Å². The van der Waals surface area contributed by atoms with Crippen LogP contribution in [0.5, 0.6) is 0 Å². The molecule has 4 nitrogen and oxygen atoms in total. The second-order valence-corrected chi connectivity index (χ2v) is 6.57. The second-order valence-electron chi connectivity index (χ2n) is 5.63. The summed E-state index contributed by atoms with van der Waals surface area (Å²) in [6.45, 7) is 3.22. The van der Waals surface area contributed by atoms with Crippen molar-refractivity contribution in [3.05, 3.63) is 51.5 Å². The van der Waals surface area contributed by atoms with Gasteiger partial charge in [-0.15, -0.1) is 35.3 Å². The molecule has 1 aromatic heterocycles. The van der Waals surface area contributed by atoms with Gasteiger partial charge in [0.05, 0.1) is 5.01 Å². The summed E-state index contributed by atoms with van der Waals surface area (Å²) >= 11 is 1.02. The van der Waals surface area contributed by atoms with E-state index in [2.05, 4.69) is 34.3 Å². The fourth-order valence-corrected chi connectivity index (χ4v) is 3.14. The minimum absolute atomic E-state index is 0. The Bertz CT molecular complexity index is 731. The van der Waals surface area contributed by atoms with E-state index in [1.165, 1.54) is 11.1 Å². The van der Waals surface area contributed by atoms with Gasteiger partial charge in [0.15, 0.2) is 11.7 Å². The number of hydrogen-bond acceptors (Lipinski definition) is 3. The zero-order chi connectivity index (χ0) is 18.4. The number of thiazole rings is 1. The van der Waals surface area contributed by atoms with Gasteiger partial charge in [-0.25, -0.2) is 4.98 Å². The molecule has 144 valence electrons. The van der Waals surface area contributed by atoms with Gasteiger partial charge in [0.25, 0.3) is 0 Å². The summed E-state index contributed by atoms with van der Waals surface area (Å²) in [7, 11) is 3.61. The van der Waals surface area contributed by atoms with E-state index in [0.29, 0.717) is 30.5 Å². The van der Waals surface area contributed by atoms with Gasteiger partial charge in [0.1, 0.15) is 0 Å². The molecular formula is C17H22F3IN4S. The minimum atomic E-state index is -4.38. The van der Waals surface area contributed by atoms with E-state index in [0.717, 1.165) is 16.7 Å². The number of hydrogen-bond donors (Lipinski definition) is 1. The number of nitrogens with zero attached hydrogens (tertiary/aromatic N) is 3. The van der Waals surface area contributed by atoms with Gasteiger partial charge >= 0.3 is 6.18 Å². The molecule has 2 rings (SSSR count). The Hall–Kier alpha value is -1.36. The van der Waals surface area contributed by atoms with Gasteiger partial charge in [0.2, 0.25) is 0 Å². The lowest BCUT2D eigenvalue weighted by atomic mass is 10.1. The highest BCUT2D eigenvalue weighted by Gasteiger charge is 2.33. The first-order valence-electron chi connectivity index (χ1n) is 7.79. The average Bonchev–Trinajstić information content (AvgIpc) is 3.03. The van der Waals surface area contributed by atoms with Gasteiger partial charge in [-0.2, -0.15) is 13.2 Å². The Labute approximate surface area is 172 Å². The molecule has 0 aliphatic rings. The van der Waals surface area contributed by atoms with Crippen molar-refractivity contribution in [1.29, 1.82) is 0 Å². The van der Waals surface area contributed by atoms with Crippen LogP contribution >= 0.6 is 35.3 Å². The highest BCUT2D eigenvalue weighted by Crippen LogP contribution is 2.30. The minimum Gasteiger partial charge on any atom is -0.356 e. The molecular weight excluding hydrogens is 476 g/mol. The lowest BCUT2D eigenvalue weighted by Crippen LogP contribution is -2.39. The van der Waals surface area contributed by atoms with Crippen LogP contribution in [-0.4, -0.2) is 36.5 Å². The Morgan fingerprint density at radius 3 is 2.58 bits per heavy atom. The van der Waals surface area contributed by atoms with Crippen LogP contribution in [0, 0.1) is 6.92 Å². The maximum atomic E-state index is 12.6. The molecule has 0 spiro atoms. The fraction of sp³-hybridized carbons (Fsp3) is 0.412. The van der Waals surface area contributed by atoms with E-state index in [4.69, 9.17) is 0 Å². The second kappa shape index (κ2) is 10.1. The van der Waals surface area contributed by atoms with Crippen LogP contribution in [0.3, 0.4) is 0 Å². The molecule has 1 N–H and O–H groups in total. The third-order valence-corrected chi connectivity index (χ3v) is 4.61. The van der Waals surface area contributed by atoms with E-state index < -0.39 is 11.9 Å². The highest BCUT2D eigenvalue weighted by atomic mass is 127. The smallest absolute Gasteiger partial charge is 0.356 e. The first kappa shape index (κ1) is 22.7. The average molecular weight is 498 g/mol. The van der Waals surface area contributed by atoms with Crippen molar-refractivity contribution in [2.75, 3.05) is 20.6 Å². The molecule has 0 radical (unpaired) electrons. The molecule has 2 aromatic rings. The van der Waals surface area contributed by atoms with Crippen molar-refractivity contribution in [1.82, 2.24) is 15.2 Å². The van der Waals surface area contributed by atoms with Gasteiger partial charge in [0, 0.05) is 39.0 Å². The largest absolute Gasteiger partial charge is 0.434 e. The number of aliphatic imine (C=N–C) groups is 1. The summed E-state index contributed by atoms with van der Waals surface area (Å²) < 4.78 is 37.7. The summed E-state index contributed by atoms with van der Waals surface area (Å²) in [4.78, 5) is 9.83. The van der Waals surface area contributed by atoms with Crippen molar-refractivity contribution in [3.63, 3.8) is 0 Å². The number of alkyl halides is 3. The molecule has 0 saturated heterocycles. The zero-order valence-corrected chi connectivity index (χ0v) is 17.9. The van der Waals surface area contributed by atoms with Crippen LogP contribution in [-0.2, 0) is 19.1 Å². The quantitative estimate of drug-likeness (QED) is 0.379. The van der Waals surface area contributed by atoms with Crippen molar-refractivity contribution >= 4 is 41.3 Å². The number of guanidine groups is 1. The first-order valence-corrected chi connectivity index (χ1v) is 8.67. The summed E-state index contributed by atoms with van der Waals surface area (Å²) in [5, 5.41) is 4.67. The lowest BCUT2D eigenvalue weighted by molar-refractivity contribution is -0.140. The highest BCUT2D eigenvalue weighted by molar-refractivity contribution is 14.0. The van der Waals surface area contributed by atoms with Crippen LogP contribution < -0.4 is 5.32 Å². The number of aryl methyl sites for hydroxylation is 1.